The van der Waals surface area contributed by atoms with Gasteiger partial charge in [-0.05, 0) is 27.7 Å². The van der Waals surface area contributed by atoms with Crippen LogP contribution in [0, 0.1) is 6.92 Å². The van der Waals surface area contributed by atoms with Crippen molar-refractivity contribution in [1.29, 1.82) is 0 Å². The maximum absolute atomic E-state index is 12.4. The van der Waals surface area contributed by atoms with Gasteiger partial charge in [-0.2, -0.15) is 0 Å². The molecule has 0 saturated carbocycles. The Hall–Kier alpha value is -1.24. The van der Waals surface area contributed by atoms with Crippen molar-refractivity contribution >= 4 is 32.9 Å². The first-order chi connectivity index (χ1) is 10.6. The molecule has 1 N–H and O–H groups in total. The van der Waals surface area contributed by atoms with E-state index in [1.807, 2.05) is 21.8 Å². The van der Waals surface area contributed by atoms with Crippen LogP contribution in [-0.4, -0.2) is 45.2 Å². The van der Waals surface area contributed by atoms with Crippen LogP contribution in [-0.2, 0) is 19.7 Å². The Balaban J connectivity index is 2.29. The first-order valence-corrected chi connectivity index (χ1v) is 8.46. The fraction of sp³-hybridized carbons (Fsp3) is 0.643. The lowest BCUT2D eigenvalue weighted by Crippen LogP contribution is -2.44. The average molecular weight is 360 g/mol. The van der Waals surface area contributed by atoms with Crippen molar-refractivity contribution < 1.29 is 24.0 Å². The zero-order valence-corrected chi connectivity index (χ0v) is 15.5. The molecule has 0 spiro atoms. The van der Waals surface area contributed by atoms with Crippen LogP contribution in [0.25, 0.3) is 0 Å². The molecule has 0 aromatic carbocycles. The molecule has 1 aliphatic heterocycles. The average Bonchev–Trinajstić information content (AvgIpc) is 3.01. The van der Waals surface area contributed by atoms with E-state index in [0.29, 0.717) is 5.01 Å². The number of hydrogen-bond donors (Lipinski definition) is 1. The molecule has 1 fully saturated rings. The first-order valence-electron chi connectivity index (χ1n) is 7.11. The molecule has 1 aromatic rings. The third-order valence-electron chi connectivity index (χ3n) is 3.37. The third kappa shape index (κ3) is 4.00. The number of likely N-dealkylation sites (tertiary alicyclic amines) is 1. The Morgan fingerprint density at radius 1 is 1.52 bits per heavy atom. The minimum absolute atomic E-state index is 0.0203. The number of aromatic nitrogens is 1. The zero-order valence-electron chi connectivity index (χ0n) is 13.5. The highest BCUT2D eigenvalue weighted by Crippen LogP contribution is 2.38. The minimum Gasteiger partial charge on any atom is -0.450 e. The highest BCUT2D eigenvalue weighted by atomic mass is 32.1. The Bertz CT molecular complexity index is 615. The molecule has 23 heavy (non-hydrogen) atoms. The predicted octanol–water partition coefficient (Wildman–Crippen LogP) is 1.98. The summed E-state index contributed by atoms with van der Waals surface area (Å²) in [5, 5.41) is 13.2. The van der Waals surface area contributed by atoms with E-state index >= 15 is 0 Å². The first kappa shape index (κ1) is 18.1. The number of ether oxygens (including phenoxy) is 1. The largest absolute Gasteiger partial charge is 0.450 e. The minimum atomic E-state index is -1.39. The molecule has 0 bridgehead atoms. The van der Waals surface area contributed by atoms with Gasteiger partial charge in [0.1, 0.15) is 22.3 Å². The van der Waals surface area contributed by atoms with Gasteiger partial charge in [0.25, 0.3) is 0 Å². The third-order valence-corrected chi connectivity index (χ3v) is 4.76. The van der Waals surface area contributed by atoms with Crippen molar-refractivity contribution in [2.45, 2.75) is 51.4 Å². The van der Waals surface area contributed by atoms with E-state index in [2.05, 4.69) is 9.51 Å². The molecule has 1 aromatic heterocycles. The number of β-amino-alcohol motifs (C(OH)–C–C–N with tert-alkyl or cyclic N) is 1. The summed E-state index contributed by atoms with van der Waals surface area (Å²) in [6.45, 7) is 6.96. The van der Waals surface area contributed by atoms with Crippen molar-refractivity contribution in [3.8, 4) is 0 Å². The summed E-state index contributed by atoms with van der Waals surface area (Å²) in [7, 11) is 1.87. The Morgan fingerprint density at radius 2 is 2.17 bits per heavy atom. The van der Waals surface area contributed by atoms with Gasteiger partial charge in [0, 0.05) is 17.5 Å². The SMILES string of the molecule is Cc1csc([C@]2(O)C[C@@H](C(=O)OP)N(C(=O)OC(C)(C)C)C2)n1. The summed E-state index contributed by atoms with van der Waals surface area (Å²) in [5.74, 6) is -0.620. The van der Waals surface area contributed by atoms with E-state index in [-0.39, 0.29) is 13.0 Å². The predicted molar refractivity (Wildman–Crippen MR) is 87.9 cm³/mol. The number of aliphatic hydroxyl groups is 1. The highest BCUT2D eigenvalue weighted by Gasteiger charge is 2.52. The second kappa shape index (κ2) is 6.34. The summed E-state index contributed by atoms with van der Waals surface area (Å²) >= 11 is 1.30. The van der Waals surface area contributed by atoms with Gasteiger partial charge in [0.15, 0.2) is 0 Å². The molecule has 0 aliphatic carbocycles. The second-order valence-electron chi connectivity index (χ2n) is 6.59. The van der Waals surface area contributed by atoms with E-state index in [0.717, 1.165) is 5.69 Å². The maximum atomic E-state index is 12.4. The van der Waals surface area contributed by atoms with Crippen LogP contribution >= 0.6 is 20.8 Å². The van der Waals surface area contributed by atoms with Crippen LogP contribution in [0.3, 0.4) is 0 Å². The topological polar surface area (TPSA) is 89.0 Å². The van der Waals surface area contributed by atoms with Crippen LogP contribution < -0.4 is 0 Å². The standard InChI is InChI=1S/C14H21N2O5PS/c1-8-6-23-11(15-8)14(19)5-9(10(17)21-22)16(7-14)12(18)20-13(2,3)4/h6,9,19H,5,7,22H2,1-4H3/t9-,14-/m0/s1. The van der Waals surface area contributed by atoms with Gasteiger partial charge < -0.3 is 14.4 Å². The molecule has 128 valence electrons. The van der Waals surface area contributed by atoms with Gasteiger partial charge in [-0.25, -0.2) is 14.6 Å². The number of hydrogen-bond acceptors (Lipinski definition) is 7. The number of rotatable bonds is 2. The van der Waals surface area contributed by atoms with Crippen molar-refractivity contribution in [3.63, 3.8) is 0 Å². The van der Waals surface area contributed by atoms with Crippen LogP contribution in [0.2, 0.25) is 0 Å². The highest BCUT2D eigenvalue weighted by molar-refractivity contribution is 7.10. The normalized spacial score (nSPS) is 24.6. The second-order valence-corrected chi connectivity index (χ2v) is 7.68. The van der Waals surface area contributed by atoms with E-state index in [9.17, 15) is 14.7 Å². The smallest absolute Gasteiger partial charge is 0.411 e. The fourth-order valence-electron chi connectivity index (χ4n) is 2.41. The summed E-state index contributed by atoms with van der Waals surface area (Å²) in [4.78, 5) is 29.9. The van der Waals surface area contributed by atoms with E-state index in [1.165, 1.54) is 16.2 Å². The molecule has 9 heteroatoms. The van der Waals surface area contributed by atoms with Crippen molar-refractivity contribution in [2.75, 3.05) is 6.54 Å². The van der Waals surface area contributed by atoms with Gasteiger partial charge in [-0.3, -0.25) is 4.90 Å². The number of aryl methyl sites for hydroxylation is 1. The molecule has 2 heterocycles. The molecule has 0 radical (unpaired) electrons. The number of thiazole rings is 1. The maximum Gasteiger partial charge on any atom is 0.411 e. The number of carbonyl (C=O) groups is 2. The van der Waals surface area contributed by atoms with Gasteiger partial charge >= 0.3 is 12.1 Å². The van der Waals surface area contributed by atoms with Crippen LogP contribution in [0.5, 0.6) is 0 Å². The molecule has 1 aliphatic rings. The van der Waals surface area contributed by atoms with E-state index in [1.54, 1.807) is 20.8 Å². The summed E-state index contributed by atoms with van der Waals surface area (Å²) in [6.07, 6.45) is -0.644. The van der Waals surface area contributed by atoms with Crippen LogP contribution in [0.1, 0.15) is 37.9 Å². The van der Waals surface area contributed by atoms with Crippen LogP contribution in [0.4, 0.5) is 4.79 Å². The summed E-state index contributed by atoms with van der Waals surface area (Å²) < 4.78 is 10.0. The molecule has 2 rings (SSSR count). The lowest BCUT2D eigenvalue weighted by Gasteiger charge is -2.27. The summed E-state index contributed by atoms with van der Waals surface area (Å²) in [6, 6.07) is -0.920. The van der Waals surface area contributed by atoms with Crippen molar-refractivity contribution in [2.24, 2.45) is 0 Å². The zero-order chi connectivity index (χ0) is 17.4. The van der Waals surface area contributed by atoms with Crippen molar-refractivity contribution in [3.05, 3.63) is 16.1 Å². The molecule has 1 unspecified atom stereocenters. The van der Waals surface area contributed by atoms with Gasteiger partial charge in [0.05, 0.1) is 16.0 Å². The lowest BCUT2D eigenvalue weighted by molar-refractivity contribution is -0.138. The van der Waals surface area contributed by atoms with Gasteiger partial charge in [-0.15, -0.1) is 11.3 Å². The van der Waals surface area contributed by atoms with E-state index < -0.39 is 29.3 Å². The van der Waals surface area contributed by atoms with Crippen LogP contribution in [0.15, 0.2) is 5.38 Å². The number of nitrogens with zero attached hydrogens (tertiary/aromatic N) is 2. The fourth-order valence-corrected chi connectivity index (χ4v) is 3.47. The quantitative estimate of drug-likeness (QED) is 0.812. The Labute approximate surface area is 141 Å². The monoisotopic (exact) mass is 360 g/mol. The van der Waals surface area contributed by atoms with E-state index in [4.69, 9.17) is 4.74 Å². The molecular weight excluding hydrogens is 339 g/mol. The number of carbonyl (C=O) groups excluding carboxylic acids is 2. The Morgan fingerprint density at radius 3 is 2.65 bits per heavy atom. The van der Waals surface area contributed by atoms with Crippen molar-refractivity contribution in [1.82, 2.24) is 9.88 Å². The van der Waals surface area contributed by atoms with Gasteiger partial charge in [0.2, 0.25) is 0 Å². The van der Waals surface area contributed by atoms with Gasteiger partial charge in [-0.1, -0.05) is 0 Å². The molecule has 3 atom stereocenters. The molecule has 1 amide bonds. The summed E-state index contributed by atoms with van der Waals surface area (Å²) in [5.41, 5.74) is -1.32. The molecule has 7 nitrogen and oxygen atoms in total. The Kier molecular flexibility index (Phi) is 4.99. The molecular formula is C14H21N2O5PS. The lowest BCUT2D eigenvalue weighted by atomic mass is 10.0. The number of amides is 1. The molecule has 1 saturated heterocycles.